The molecule has 1 aliphatic rings. The molecule has 136 valence electrons. The van der Waals surface area contributed by atoms with Crippen molar-refractivity contribution in [3.8, 4) is 0 Å². The predicted octanol–water partition coefficient (Wildman–Crippen LogP) is 3.54. The number of benzene rings is 2. The lowest BCUT2D eigenvalue weighted by Crippen LogP contribution is -2.36. The molecule has 26 heavy (non-hydrogen) atoms. The van der Waals surface area contributed by atoms with Crippen LogP contribution in [0.2, 0.25) is 0 Å². The van der Waals surface area contributed by atoms with Gasteiger partial charge in [0.2, 0.25) is 11.8 Å². The maximum absolute atomic E-state index is 12.9. The molecule has 0 bridgehead atoms. The zero-order valence-corrected chi connectivity index (χ0v) is 15.2. The van der Waals surface area contributed by atoms with E-state index >= 15 is 0 Å². The van der Waals surface area contributed by atoms with Crippen LogP contribution in [0.3, 0.4) is 0 Å². The van der Waals surface area contributed by atoms with Crippen molar-refractivity contribution < 1.29 is 9.59 Å². The van der Waals surface area contributed by atoms with Crippen molar-refractivity contribution in [3.63, 3.8) is 0 Å². The number of nitrogens with one attached hydrogen (secondary N) is 1. The second kappa shape index (κ2) is 8.65. The second-order valence-corrected chi connectivity index (χ2v) is 6.86. The summed E-state index contributed by atoms with van der Waals surface area (Å²) in [4.78, 5) is 26.9. The maximum atomic E-state index is 12.9. The van der Waals surface area contributed by atoms with Crippen LogP contribution in [0, 0.1) is 5.92 Å². The summed E-state index contributed by atoms with van der Waals surface area (Å²) < 4.78 is 0. The van der Waals surface area contributed by atoms with E-state index in [4.69, 9.17) is 0 Å². The van der Waals surface area contributed by atoms with Crippen molar-refractivity contribution in [3.05, 3.63) is 71.8 Å². The van der Waals surface area contributed by atoms with Crippen LogP contribution in [0.5, 0.6) is 0 Å². The molecule has 0 aromatic heterocycles. The summed E-state index contributed by atoms with van der Waals surface area (Å²) >= 11 is 0. The Labute approximate surface area is 155 Å². The molecule has 0 saturated carbocycles. The first kappa shape index (κ1) is 18.2. The Hall–Kier alpha value is -2.62. The van der Waals surface area contributed by atoms with Gasteiger partial charge in [0.15, 0.2) is 0 Å². The molecule has 0 radical (unpaired) electrons. The lowest BCUT2D eigenvalue weighted by Gasteiger charge is -2.22. The Balaban J connectivity index is 1.73. The van der Waals surface area contributed by atoms with Gasteiger partial charge >= 0.3 is 0 Å². The van der Waals surface area contributed by atoms with E-state index < -0.39 is 0 Å². The number of amides is 2. The fourth-order valence-corrected chi connectivity index (χ4v) is 3.42. The highest BCUT2D eigenvalue weighted by atomic mass is 16.2. The van der Waals surface area contributed by atoms with Gasteiger partial charge in [0.25, 0.3) is 0 Å². The van der Waals surface area contributed by atoms with E-state index in [1.165, 1.54) is 0 Å². The Bertz CT molecular complexity index is 691. The molecule has 0 unspecified atom stereocenters. The number of hydrogen-bond donors (Lipinski definition) is 1. The van der Waals surface area contributed by atoms with Crippen molar-refractivity contribution in [2.24, 2.45) is 5.92 Å². The van der Waals surface area contributed by atoms with Crippen molar-refractivity contribution in [2.75, 3.05) is 13.1 Å². The maximum Gasteiger partial charge on any atom is 0.226 e. The third-order valence-corrected chi connectivity index (χ3v) is 4.92. The summed E-state index contributed by atoms with van der Waals surface area (Å²) in [5.41, 5.74) is 2.08. The molecule has 0 aliphatic carbocycles. The van der Waals surface area contributed by atoms with E-state index in [1.807, 2.05) is 65.6 Å². The van der Waals surface area contributed by atoms with Crippen LogP contribution in [0.15, 0.2) is 60.7 Å². The summed E-state index contributed by atoms with van der Waals surface area (Å²) in [6.07, 6.45) is 2.34. The number of rotatable bonds is 7. The molecule has 1 N–H and O–H groups in total. The van der Waals surface area contributed by atoms with Crippen LogP contribution >= 0.6 is 0 Å². The topological polar surface area (TPSA) is 49.4 Å². The van der Waals surface area contributed by atoms with Gasteiger partial charge in [-0.3, -0.25) is 9.59 Å². The van der Waals surface area contributed by atoms with Gasteiger partial charge in [0.1, 0.15) is 0 Å². The number of likely N-dealkylation sites (tertiary alicyclic amines) is 1. The molecule has 1 atom stereocenters. The molecule has 2 amide bonds. The number of hydrogen-bond acceptors (Lipinski definition) is 2. The largest absolute Gasteiger partial charge is 0.345 e. The Morgan fingerprint density at radius 1 is 1.08 bits per heavy atom. The highest BCUT2D eigenvalue weighted by molar-refractivity contribution is 5.89. The molecule has 1 heterocycles. The standard InChI is InChI=1S/C22H26N2O2/c1-2-3-14-24-16-19(15-20(24)25)22(26)23-21(17-10-6-4-7-11-17)18-12-8-5-9-13-18/h4-13,19,21H,2-3,14-16H2,1H3,(H,23,26)/t19-/m0/s1. The fourth-order valence-electron chi connectivity index (χ4n) is 3.42. The molecule has 4 nitrogen and oxygen atoms in total. The summed E-state index contributed by atoms with van der Waals surface area (Å²) in [6, 6.07) is 19.7. The minimum Gasteiger partial charge on any atom is -0.345 e. The Morgan fingerprint density at radius 2 is 1.65 bits per heavy atom. The second-order valence-electron chi connectivity index (χ2n) is 6.86. The van der Waals surface area contributed by atoms with E-state index in [1.54, 1.807) is 0 Å². The molecular formula is C22H26N2O2. The molecular weight excluding hydrogens is 324 g/mol. The van der Waals surface area contributed by atoms with Gasteiger partial charge < -0.3 is 10.2 Å². The first-order chi connectivity index (χ1) is 12.7. The smallest absolute Gasteiger partial charge is 0.226 e. The van der Waals surface area contributed by atoms with Crippen molar-refractivity contribution in [2.45, 2.75) is 32.2 Å². The van der Waals surface area contributed by atoms with Gasteiger partial charge in [0.05, 0.1) is 12.0 Å². The monoisotopic (exact) mass is 350 g/mol. The molecule has 4 heteroatoms. The number of nitrogens with zero attached hydrogens (tertiary/aromatic N) is 1. The highest BCUT2D eigenvalue weighted by Gasteiger charge is 2.34. The predicted molar refractivity (Wildman–Crippen MR) is 102 cm³/mol. The van der Waals surface area contributed by atoms with Crippen LogP contribution < -0.4 is 5.32 Å². The fraction of sp³-hybridized carbons (Fsp3) is 0.364. The van der Waals surface area contributed by atoms with Gasteiger partial charge in [-0.05, 0) is 17.5 Å². The van der Waals surface area contributed by atoms with Crippen LogP contribution in [0.4, 0.5) is 0 Å². The van der Waals surface area contributed by atoms with Gasteiger partial charge in [-0.2, -0.15) is 0 Å². The van der Waals surface area contributed by atoms with Gasteiger partial charge in [0, 0.05) is 19.5 Å². The minimum atomic E-state index is -0.269. The normalized spacial score (nSPS) is 16.9. The van der Waals surface area contributed by atoms with Gasteiger partial charge in [-0.15, -0.1) is 0 Å². The first-order valence-electron chi connectivity index (χ1n) is 9.37. The summed E-state index contributed by atoms with van der Waals surface area (Å²) in [7, 11) is 0. The molecule has 1 fully saturated rings. The van der Waals surface area contributed by atoms with E-state index in [2.05, 4.69) is 12.2 Å². The summed E-state index contributed by atoms with van der Waals surface area (Å²) in [6.45, 7) is 3.38. The van der Waals surface area contributed by atoms with Gasteiger partial charge in [-0.1, -0.05) is 74.0 Å². The van der Waals surface area contributed by atoms with Crippen LogP contribution in [-0.2, 0) is 9.59 Å². The van der Waals surface area contributed by atoms with E-state index in [9.17, 15) is 9.59 Å². The first-order valence-corrected chi connectivity index (χ1v) is 9.37. The van der Waals surface area contributed by atoms with Crippen LogP contribution in [-0.4, -0.2) is 29.8 Å². The number of carbonyl (C=O) groups excluding carboxylic acids is 2. The van der Waals surface area contributed by atoms with Crippen molar-refractivity contribution >= 4 is 11.8 Å². The number of unbranched alkanes of at least 4 members (excludes halogenated alkanes) is 1. The van der Waals surface area contributed by atoms with E-state index in [0.717, 1.165) is 30.5 Å². The third-order valence-electron chi connectivity index (χ3n) is 4.92. The minimum absolute atomic E-state index is 0.0462. The quantitative estimate of drug-likeness (QED) is 0.830. The molecule has 2 aromatic carbocycles. The van der Waals surface area contributed by atoms with E-state index in [0.29, 0.717) is 13.0 Å². The zero-order chi connectivity index (χ0) is 18.4. The molecule has 1 saturated heterocycles. The SMILES string of the molecule is CCCCN1C[C@@H](C(=O)NC(c2ccccc2)c2ccccc2)CC1=O. The average Bonchev–Trinajstić information content (AvgIpc) is 3.06. The van der Waals surface area contributed by atoms with Crippen LogP contribution in [0.25, 0.3) is 0 Å². The van der Waals surface area contributed by atoms with Crippen molar-refractivity contribution in [1.82, 2.24) is 10.2 Å². The van der Waals surface area contributed by atoms with Crippen molar-refractivity contribution in [1.29, 1.82) is 0 Å². The zero-order valence-electron chi connectivity index (χ0n) is 15.2. The molecule has 3 rings (SSSR count). The lowest BCUT2D eigenvalue weighted by molar-refractivity contribution is -0.129. The number of carbonyl (C=O) groups is 2. The lowest BCUT2D eigenvalue weighted by atomic mass is 9.97. The van der Waals surface area contributed by atoms with Gasteiger partial charge in [-0.25, -0.2) is 0 Å². The Morgan fingerprint density at radius 3 is 2.19 bits per heavy atom. The molecule has 2 aromatic rings. The molecule has 0 spiro atoms. The molecule has 1 aliphatic heterocycles. The third kappa shape index (κ3) is 4.31. The van der Waals surface area contributed by atoms with E-state index in [-0.39, 0.29) is 23.8 Å². The Kier molecular flexibility index (Phi) is 6.05. The summed E-state index contributed by atoms with van der Waals surface area (Å²) in [5, 5.41) is 3.17. The summed E-state index contributed by atoms with van der Waals surface area (Å²) in [5.74, 6) is -0.223. The highest BCUT2D eigenvalue weighted by Crippen LogP contribution is 2.24. The van der Waals surface area contributed by atoms with Crippen LogP contribution in [0.1, 0.15) is 43.4 Å². The average molecular weight is 350 g/mol.